The van der Waals surface area contributed by atoms with Crippen molar-refractivity contribution in [3.8, 4) is 5.75 Å². The van der Waals surface area contributed by atoms with Crippen LogP contribution >= 0.6 is 27.5 Å². The van der Waals surface area contributed by atoms with Gasteiger partial charge in [0.05, 0.1) is 17.5 Å². The number of hydrogen-bond donors (Lipinski definition) is 0. The van der Waals surface area contributed by atoms with E-state index >= 15 is 0 Å². The highest BCUT2D eigenvalue weighted by Gasteiger charge is 2.14. The van der Waals surface area contributed by atoms with Crippen LogP contribution in [0.5, 0.6) is 5.75 Å². The quantitative estimate of drug-likeness (QED) is 0.777. The maximum atomic E-state index is 11.2. The third-order valence-corrected chi connectivity index (χ3v) is 4.15. The summed E-state index contributed by atoms with van der Waals surface area (Å²) in [5, 5.41) is 1.75. The standard InChI is InChI=1S/C14H12BrClO2/c1-8(14(16)17)9-3-5-11-10(7-9)4-6-12(18-2)13(11)15/h3-8H,1-2H3. The Labute approximate surface area is 119 Å². The van der Waals surface area contributed by atoms with E-state index in [9.17, 15) is 4.79 Å². The molecule has 0 N–H and O–H groups in total. The molecule has 2 aromatic carbocycles. The number of ether oxygens (including phenoxy) is 1. The van der Waals surface area contributed by atoms with Crippen LogP contribution in [-0.2, 0) is 4.79 Å². The van der Waals surface area contributed by atoms with Crippen LogP contribution in [0.1, 0.15) is 18.4 Å². The monoisotopic (exact) mass is 326 g/mol. The molecule has 0 bridgehead atoms. The maximum absolute atomic E-state index is 11.2. The van der Waals surface area contributed by atoms with Crippen LogP contribution < -0.4 is 4.74 Å². The molecule has 1 atom stereocenters. The molecular weight excluding hydrogens is 316 g/mol. The van der Waals surface area contributed by atoms with E-state index in [4.69, 9.17) is 16.3 Å². The summed E-state index contributed by atoms with van der Waals surface area (Å²) in [6.07, 6.45) is 0. The highest BCUT2D eigenvalue weighted by molar-refractivity contribution is 9.10. The Kier molecular flexibility index (Phi) is 3.93. The first-order chi connectivity index (χ1) is 8.54. The van der Waals surface area contributed by atoms with Gasteiger partial charge in [-0.2, -0.15) is 0 Å². The molecule has 0 fully saturated rings. The number of hydrogen-bond acceptors (Lipinski definition) is 2. The molecule has 18 heavy (non-hydrogen) atoms. The molecule has 0 aliphatic rings. The molecule has 2 aromatic rings. The number of rotatable bonds is 3. The molecule has 1 unspecified atom stereocenters. The van der Waals surface area contributed by atoms with E-state index in [1.807, 2.05) is 30.3 Å². The van der Waals surface area contributed by atoms with E-state index in [2.05, 4.69) is 15.9 Å². The molecule has 0 aliphatic heterocycles. The first-order valence-electron chi connectivity index (χ1n) is 5.50. The van der Waals surface area contributed by atoms with Gasteiger partial charge in [0.15, 0.2) is 0 Å². The number of benzene rings is 2. The molecule has 0 saturated carbocycles. The van der Waals surface area contributed by atoms with Gasteiger partial charge in [-0.3, -0.25) is 4.79 Å². The van der Waals surface area contributed by atoms with Crippen molar-refractivity contribution in [2.75, 3.05) is 7.11 Å². The van der Waals surface area contributed by atoms with Crippen LogP contribution in [0.3, 0.4) is 0 Å². The third-order valence-electron chi connectivity index (χ3n) is 3.00. The fourth-order valence-corrected chi connectivity index (χ4v) is 2.63. The van der Waals surface area contributed by atoms with Crippen molar-refractivity contribution >= 4 is 43.5 Å². The van der Waals surface area contributed by atoms with E-state index in [1.165, 1.54) is 0 Å². The van der Waals surface area contributed by atoms with Gasteiger partial charge in [0, 0.05) is 0 Å². The zero-order valence-electron chi connectivity index (χ0n) is 10.0. The van der Waals surface area contributed by atoms with E-state index < -0.39 is 0 Å². The van der Waals surface area contributed by atoms with Gasteiger partial charge >= 0.3 is 0 Å². The SMILES string of the molecule is COc1ccc2cc(C(C)C(=O)Cl)ccc2c1Br. The average Bonchev–Trinajstić information content (AvgIpc) is 2.37. The fraction of sp³-hybridized carbons (Fsp3) is 0.214. The predicted molar refractivity (Wildman–Crippen MR) is 77.5 cm³/mol. The Hall–Kier alpha value is -1.06. The minimum Gasteiger partial charge on any atom is -0.496 e. The predicted octanol–water partition coefficient (Wildman–Crippen LogP) is 4.48. The summed E-state index contributed by atoms with van der Waals surface area (Å²) >= 11 is 9.04. The Balaban J connectivity index is 2.57. The summed E-state index contributed by atoms with van der Waals surface area (Å²) in [6.45, 7) is 1.80. The zero-order valence-corrected chi connectivity index (χ0v) is 12.4. The van der Waals surface area contributed by atoms with Crippen molar-refractivity contribution < 1.29 is 9.53 Å². The molecule has 0 heterocycles. The molecule has 0 spiro atoms. The van der Waals surface area contributed by atoms with E-state index in [-0.39, 0.29) is 11.2 Å². The van der Waals surface area contributed by atoms with Crippen molar-refractivity contribution in [1.29, 1.82) is 0 Å². The second-order valence-corrected chi connectivity index (χ2v) is 5.25. The van der Waals surface area contributed by atoms with Crippen LogP contribution in [0.2, 0.25) is 0 Å². The lowest BCUT2D eigenvalue weighted by atomic mass is 9.99. The highest BCUT2D eigenvalue weighted by Crippen LogP contribution is 2.34. The van der Waals surface area contributed by atoms with Crippen molar-refractivity contribution in [3.63, 3.8) is 0 Å². The van der Waals surface area contributed by atoms with Crippen molar-refractivity contribution in [2.45, 2.75) is 12.8 Å². The van der Waals surface area contributed by atoms with Crippen molar-refractivity contribution in [1.82, 2.24) is 0 Å². The van der Waals surface area contributed by atoms with Gasteiger partial charge in [-0.1, -0.05) is 31.2 Å². The summed E-state index contributed by atoms with van der Waals surface area (Å²) in [6, 6.07) is 9.72. The lowest BCUT2D eigenvalue weighted by Gasteiger charge is -2.10. The Bertz CT molecular complexity index is 610. The molecule has 94 valence electrons. The van der Waals surface area contributed by atoms with Crippen molar-refractivity contribution in [3.05, 3.63) is 40.4 Å². The van der Waals surface area contributed by atoms with Gasteiger partial charge in [0.2, 0.25) is 5.24 Å². The summed E-state index contributed by atoms with van der Waals surface area (Å²) in [5.41, 5.74) is 0.916. The van der Waals surface area contributed by atoms with E-state index in [0.717, 1.165) is 26.6 Å². The number of methoxy groups -OCH3 is 1. The normalized spacial score (nSPS) is 12.4. The molecule has 2 nitrogen and oxygen atoms in total. The summed E-state index contributed by atoms with van der Waals surface area (Å²) in [7, 11) is 1.63. The third kappa shape index (κ3) is 2.38. The zero-order chi connectivity index (χ0) is 13.3. The topological polar surface area (TPSA) is 26.3 Å². The van der Waals surface area contributed by atoms with Crippen LogP contribution in [0.25, 0.3) is 10.8 Å². The summed E-state index contributed by atoms with van der Waals surface area (Å²) in [5.74, 6) is 0.494. The van der Waals surface area contributed by atoms with Gasteiger partial charge in [-0.15, -0.1) is 0 Å². The fourth-order valence-electron chi connectivity index (χ4n) is 1.85. The lowest BCUT2D eigenvalue weighted by Crippen LogP contribution is -2.01. The van der Waals surface area contributed by atoms with Gasteiger partial charge in [-0.05, 0) is 49.9 Å². The molecule has 0 aromatic heterocycles. The van der Waals surface area contributed by atoms with Gasteiger partial charge < -0.3 is 4.74 Å². The minimum atomic E-state index is -0.345. The van der Waals surface area contributed by atoms with Gasteiger partial charge in [0.25, 0.3) is 0 Å². The van der Waals surface area contributed by atoms with Crippen LogP contribution in [0.15, 0.2) is 34.8 Å². The highest BCUT2D eigenvalue weighted by atomic mass is 79.9. The van der Waals surface area contributed by atoms with Gasteiger partial charge in [0.1, 0.15) is 5.75 Å². The summed E-state index contributed by atoms with van der Waals surface area (Å²) < 4.78 is 6.16. The lowest BCUT2D eigenvalue weighted by molar-refractivity contribution is -0.112. The van der Waals surface area contributed by atoms with Crippen molar-refractivity contribution in [2.24, 2.45) is 0 Å². The van der Waals surface area contributed by atoms with Gasteiger partial charge in [-0.25, -0.2) is 0 Å². The minimum absolute atomic E-state index is 0.294. The number of carbonyl (C=O) groups excluding carboxylic acids is 1. The van der Waals surface area contributed by atoms with Crippen LogP contribution in [0.4, 0.5) is 0 Å². The molecule has 4 heteroatoms. The van der Waals surface area contributed by atoms with Crippen LogP contribution in [0, 0.1) is 0 Å². The first-order valence-corrected chi connectivity index (χ1v) is 6.67. The second kappa shape index (κ2) is 5.29. The number of carbonyl (C=O) groups is 1. The Morgan fingerprint density at radius 3 is 2.67 bits per heavy atom. The van der Waals surface area contributed by atoms with E-state index in [1.54, 1.807) is 14.0 Å². The molecule has 0 amide bonds. The molecule has 0 saturated heterocycles. The second-order valence-electron chi connectivity index (χ2n) is 4.09. The largest absolute Gasteiger partial charge is 0.496 e. The maximum Gasteiger partial charge on any atom is 0.228 e. The first kappa shape index (κ1) is 13.4. The smallest absolute Gasteiger partial charge is 0.228 e. The summed E-state index contributed by atoms with van der Waals surface area (Å²) in [4.78, 5) is 11.2. The number of halogens is 2. The van der Waals surface area contributed by atoms with Crippen LogP contribution in [-0.4, -0.2) is 12.4 Å². The average molecular weight is 328 g/mol. The Morgan fingerprint density at radius 2 is 2.06 bits per heavy atom. The number of fused-ring (bicyclic) bond motifs is 1. The molecule has 0 aliphatic carbocycles. The van der Waals surface area contributed by atoms with E-state index in [0.29, 0.717) is 0 Å². The molecule has 2 rings (SSSR count). The molecular formula is C14H12BrClO2. The molecule has 0 radical (unpaired) electrons. The Morgan fingerprint density at radius 1 is 1.33 bits per heavy atom.